The number of hydrogen-bond acceptors (Lipinski definition) is 4. The Kier molecular flexibility index (Phi) is 4.18. The molecule has 2 N–H and O–H groups in total. The fourth-order valence-electron chi connectivity index (χ4n) is 4.32. The number of thiophene rings is 1. The average molecular weight is 294 g/mol. The Morgan fingerprint density at radius 1 is 1.50 bits per heavy atom. The summed E-state index contributed by atoms with van der Waals surface area (Å²) in [6.07, 6.45) is 6.31. The number of ether oxygens (including phenoxy) is 1. The van der Waals surface area contributed by atoms with Gasteiger partial charge in [0.15, 0.2) is 0 Å². The third kappa shape index (κ3) is 2.13. The Bertz CT molecular complexity index is 461. The molecule has 0 saturated heterocycles. The van der Waals surface area contributed by atoms with E-state index in [1.807, 2.05) is 18.4 Å². The van der Waals surface area contributed by atoms with Crippen molar-refractivity contribution in [2.75, 3.05) is 20.2 Å². The largest absolute Gasteiger partial charge is 0.379 e. The molecule has 1 aromatic heterocycles. The van der Waals surface area contributed by atoms with E-state index in [0.29, 0.717) is 12.6 Å². The second-order valence-corrected chi connectivity index (χ2v) is 7.20. The highest BCUT2D eigenvalue weighted by Crippen LogP contribution is 2.43. The van der Waals surface area contributed by atoms with Gasteiger partial charge in [0.25, 0.3) is 0 Å². The highest BCUT2D eigenvalue weighted by Gasteiger charge is 2.47. The number of rotatable bonds is 3. The van der Waals surface area contributed by atoms with E-state index >= 15 is 0 Å². The molecule has 2 aliphatic rings. The Balaban J connectivity index is 1.93. The van der Waals surface area contributed by atoms with E-state index in [1.165, 1.54) is 24.8 Å². The second-order valence-electron chi connectivity index (χ2n) is 6.20. The summed E-state index contributed by atoms with van der Waals surface area (Å²) >= 11 is 1.90. The fourth-order valence-corrected chi connectivity index (χ4v) is 5.29. The summed E-state index contributed by atoms with van der Waals surface area (Å²) in [6, 6.07) is 2.76. The molecule has 1 saturated carbocycles. The number of hydrogen-bond donors (Lipinski definition) is 1. The van der Waals surface area contributed by atoms with E-state index < -0.39 is 0 Å². The summed E-state index contributed by atoms with van der Waals surface area (Å²) in [7, 11) is 1.85. The number of nitrogens with zero attached hydrogens (tertiary/aromatic N) is 1. The normalized spacial score (nSPS) is 35.0. The molecule has 1 fully saturated rings. The van der Waals surface area contributed by atoms with Crippen LogP contribution >= 0.6 is 11.3 Å². The van der Waals surface area contributed by atoms with Gasteiger partial charge in [0.05, 0.1) is 11.6 Å². The Hall–Kier alpha value is -0.420. The molecule has 1 aromatic rings. The maximum atomic E-state index is 6.27. The van der Waals surface area contributed by atoms with Crippen molar-refractivity contribution in [1.82, 2.24) is 4.90 Å². The van der Waals surface area contributed by atoms with Gasteiger partial charge in [0.2, 0.25) is 0 Å². The first-order chi connectivity index (χ1) is 9.73. The topological polar surface area (TPSA) is 38.5 Å². The van der Waals surface area contributed by atoms with Crippen molar-refractivity contribution in [3.63, 3.8) is 0 Å². The first kappa shape index (κ1) is 14.5. The van der Waals surface area contributed by atoms with Crippen LogP contribution in [0.3, 0.4) is 0 Å². The fraction of sp³-hybridized carbons (Fsp3) is 0.750. The lowest BCUT2D eigenvalue weighted by molar-refractivity contribution is -0.0923. The molecule has 1 aliphatic heterocycles. The maximum absolute atomic E-state index is 6.27. The number of methoxy groups -OCH3 is 1. The second kappa shape index (κ2) is 5.76. The van der Waals surface area contributed by atoms with Crippen LogP contribution in [0.1, 0.15) is 49.1 Å². The van der Waals surface area contributed by atoms with Crippen LogP contribution in [-0.2, 0) is 11.2 Å². The van der Waals surface area contributed by atoms with E-state index in [0.717, 1.165) is 19.4 Å². The molecule has 2 heterocycles. The number of fused-ring (bicyclic) bond motifs is 1. The van der Waals surface area contributed by atoms with E-state index in [4.69, 9.17) is 10.5 Å². The molecule has 3 rings (SSSR count). The average Bonchev–Trinajstić information content (AvgIpc) is 2.97. The van der Waals surface area contributed by atoms with Gasteiger partial charge in [-0.25, -0.2) is 0 Å². The van der Waals surface area contributed by atoms with Gasteiger partial charge in [-0.2, -0.15) is 0 Å². The van der Waals surface area contributed by atoms with Gasteiger partial charge in [0, 0.05) is 31.1 Å². The van der Waals surface area contributed by atoms with Gasteiger partial charge < -0.3 is 10.5 Å². The van der Waals surface area contributed by atoms with Crippen molar-refractivity contribution in [2.24, 2.45) is 5.73 Å². The first-order valence-electron chi connectivity index (χ1n) is 7.79. The molecule has 3 atom stereocenters. The van der Waals surface area contributed by atoms with Crippen LogP contribution in [0.15, 0.2) is 11.4 Å². The van der Waals surface area contributed by atoms with Crippen molar-refractivity contribution in [1.29, 1.82) is 0 Å². The standard InChI is InChI=1S/C16H26N2OS/c1-12-13-7-10-20-14(13)6-9-18(12)16(11-17)8-4-3-5-15(16)19-2/h7,10,12,15H,3-6,8-9,11,17H2,1-2H3. The predicted octanol–water partition coefficient (Wildman–Crippen LogP) is 2.95. The van der Waals surface area contributed by atoms with Crippen molar-refractivity contribution in [3.8, 4) is 0 Å². The molecule has 112 valence electrons. The summed E-state index contributed by atoms with van der Waals surface area (Å²) < 4.78 is 5.85. The first-order valence-corrected chi connectivity index (χ1v) is 8.67. The van der Waals surface area contributed by atoms with Gasteiger partial charge >= 0.3 is 0 Å². The molecule has 0 radical (unpaired) electrons. The molecule has 0 aromatic carbocycles. The zero-order chi connectivity index (χ0) is 14.2. The molecule has 0 spiro atoms. The molecule has 0 bridgehead atoms. The van der Waals surface area contributed by atoms with Crippen LogP contribution in [0.4, 0.5) is 0 Å². The van der Waals surface area contributed by atoms with E-state index in [2.05, 4.69) is 23.3 Å². The van der Waals surface area contributed by atoms with Crippen molar-refractivity contribution in [2.45, 2.75) is 56.7 Å². The Labute approximate surface area is 126 Å². The van der Waals surface area contributed by atoms with Crippen LogP contribution < -0.4 is 5.73 Å². The maximum Gasteiger partial charge on any atom is 0.0767 e. The minimum Gasteiger partial charge on any atom is -0.379 e. The lowest BCUT2D eigenvalue weighted by atomic mass is 9.75. The van der Waals surface area contributed by atoms with E-state index in [-0.39, 0.29) is 11.6 Å². The van der Waals surface area contributed by atoms with Gasteiger partial charge in [-0.15, -0.1) is 11.3 Å². The molecule has 3 unspecified atom stereocenters. The molecule has 1 aliphatic carbocycles. The van der Waals surface area contributed by atoms with Gasteiger partial charge in [-0.3, -0.25) is 4.90 Å². The summed E-state index contributed by atoms with van der Waals surface area (Å²) in [4.78, 5) is 4.21. The summed E-state index contributed by atoms with van der Waals surface area (Å²) in [6.45, 7) is 4.16. The Morgan fingerprint density at radius 3 is 3.10 bits per heavy atom. The molecule has 3 nitrogen and oxygen atoms in total. The molecule has 4 heteroatoms. The highest BCUT2D eigenvalue weighted by molar-refractivity contribution is 7.10. The van der Waals surface area contributed by atoms with Gasteiger partial charge in [0.1, 0.15) is 0 Å². The molecule has 0 amide bonds. The van der Waals surface area contributed by atoms with Crippen LogP contribution in [0.25, 0.3) is 0 Å². The third-order valence-electron chi connectivity index (χ3n) is 5.41. The van der Waals surface area contributed by atoms with E-state index in [1.54, 1.807) is 4.88 Å². The number of nitrogens with two attached hydrogens (primary N) is 1. The molecular formula is C16H26N2OS. The van der Waals surface area contributed by atoms with Crippen LogP contribution in [0.2, 0.25) is 0 Å². The monoisotopic (exact) mass is 294 g/mol. The summed E-state index contributed by atoms with van der Waals surface area (Å²) in [5.74, 6) is 0. The lowest BCUT2D eigenvalue weighted by Crippen LogP contribution is -2.64. The molecular weight excluding hydrogens is 268 g/mol. The van der Waals surface area contributed by atoms with Crippen LogP contribution in [-0.4, -0.2) is 36.7 Å². The zero-order valence-electron chi connectivity index (χ0n) is 12.6. The zero-order valence-corrected chi connectivity index (χ0v) is 13.4. The summed E-state index contributed by atoms with van der Waals surface area (Å²) in [5.41, 5.74) is 7.82. The van der Waals surface area contributed by atoms with Gasteiger partial charge in [-0.05, 0) is 43.2 Å². The smallest absolute Gasteiger partial charge is 0.0767 e. The van der Waals surface area contributed by atoms with Crippen molar-refractivity contribution >= 4 is 11.3 Å². The van der Waals surface area contributed by atoms with Crippen LogP contribution in [0.5, 0.6) is 0 Å². The quantitative estimate of drug-likeness (QED) is 0.931. The SMILES string of the molecule is COC1CCCCC1(CN)N1CCc2sccc2C1C. The minimum absolute atomic E-state index is 0.0338. The third-order valence-corrected chi connectivity index (χ3v) is 6.41. The highest BCUT2D eigenvalue weighted by atomic mass is 32.1. The van der Waals surface area contributed by atoms with Crippen LogP contribution in [0, 0.1) is 0 Å². The van der Waals surface area contributed by atoms with Crippen molar-refractivity contribution < 1.29 is 4.74 Å². The van der Waals surface area contributed by atoms with Crippen molar-refractivity contribution in [3.05, 3.63) is 21.9 Å². The Morgan fingerprint density at radius 2 is 2.35 bits per heavy atom. The lowest BCUT2D eigenvalue weighted by Gasteiger charge is -2.53. The summed E-state index contributed by atoms with van der Waals surface area (Å²) in [5, 5.41) is 2.23. The van der Waals surface area contributed by atoms with E-state index in [9.17, 15) is 0 Å². The predicted molar refractivity (Wildman–Crippen MR) is 84.2 cm³/mol. The van der Waals surface area contributed by atoms with Gasteiger partial charge in [-0.1, -0.05) is 12.8 Å². The molecule has 20 heavy (non-hydrogen) atoms. The minimum atomic E-state index is 0.0338.